The molecule has 1 saturated carbocycles. The Morgan fingerprint density at radius 2 is 2.21 bits per heavy atom. The van der Waals surface area contributed by atoms with Gasteiger partial charge in [0.15, 0.2) is 0 Å². The Morgan fingerprint density at radius 1 is 1.50 bits per heavy atom. The fourth-order valence-electron chi connectivity index (χ4n) is 1.61. The standard InChI is InChI=1S/C11H14ClNO/c1-14-10-6-8(4-5-9(10)12)11(13)7-2-3-7/h4-7,11H,2-3,13H2,1H3/t11-/m1/s1. The third-order valence-corrected chi connectivity index (χ3v) is 3.00. The van der Waals surface area contributed by atoms with Crippen LogP contribution < -0.4 is 10.5 Å². The number of ether oxygens (including phenoxy) is 1. The van der Waals surface area contributed by atoms with E-state index in [0.29, 0.717) is 16.7 Å². The summed E-state index contributed by atoms with van der Waals surface area (Å²) in [6.07, 6.45) is 2.48. The summed E-state index contributed by atoms with van der Waals surface area (Å²) in [5.74, 6) is 1.36. The molecule has 0 aliphatic heterocycles. The highest BCUT2D eigenvalue weighted by atomic mass is 35.5. The van der Waals surface area contributed by atoms with Gasteiger partial charge < -0.3 is 10.5 Å². The van der Waals surface area contributed by atoms with Crippen LogP contribution in [0.5, 0.6) is 5.75 Å². The molecule has 0 heterocycles. The van der Waals surface area contributed by atoms with Gasteiger partial charge >= 0.3 is 0 Å². The van der Waals surface area contributed by atoms with Crippen molar-refractivity contribution in [1.29, 1.82) is 0 Å². The van der Waals surface area contributed by atoms with Crippen molar-refractivity contribution in [2.24, 2.45) is 11.7 Å². The van der Waals surface area contributed by atoms with E-state index >= 15 is 0 Å². The van der Waals surface area contributed by atoms with Gasteiger partial charge in [0.2, 0.25) is 0 Å². The first-order chi connectivity index (χ1) is 6.72. The van der Waals surface area contributed by atoms with E-state index in [4.69, 9.17) is 22.1 Å². The average molecular weight is 212 g/mol. The van der Waals surface area contributed by atoms with Crippen LogP contribution in [0.4, 0.5) is 0 Å². The number of halogens is 1. The quantitative estimate of drug-likeness (QED) is 0.835. The van der Waals surface area contributed by atoms with Crippen LogP contribution in [0.25, 0.3) is 0 Å². The second-order valence-corrected chi connectivity index (χ2v) is 4.16. The Kier molecular flexibility index (Phi) is 2.66. The zero-order valence-electron chi connectivity index (χ0n) is 8.16. The summed E-state index contributed by atoms with van der Waals surface area (Å²) in [6.45, 7) is 0. The molecule has 1 atom stereocenters. The molecule has 14 heavy (non-hydrogen) atoms. The molecule has 1 aromatic carbocycles. The highest BCUT2D eigenvalue weighted by Crippen LogP contribution is 2.40. The Bertz CT molecular complexity index is 336. The van der Waals surface area contributed by atoms with Crippen LogP contribution in [0.15, 0.2) is 18.2 Å². The summed E-state index contributed by atoms with van der Waals surface area (Å²) in [7, 11) is 1.62. The van der Waals surface area contributed by atoms with Gasteiger partial charge in [-0.05, 0) is 36.5 Å². The summed E-state index contributed by atoms with van der Waals surface area (Å²) in [4.78, 5) is 0. The molecule has 2 rings (SSSR count). The molecule has 1 aliphatic rings. The van der Waals surface area contributed by atoms with Crippen LogP contribution in [0.1, 0.15) is 24.4 Å². The number of rotatable bonds is 3. The Hall–Kier alpha value is -0.730. The van der Waals surface area contributed by atoms with Crippen molar-refractivity contribution in [2.75, 3.05) is 7.11 Å². The van der Waals surface area contributed by atoms with Crippen LogP contribution in [0, 0.1) is 5.92 Å². The van der Waals surface area contributed by atoms with Crippen molar-refractivity contribution in [3.05, 3.63) is 28.8 Å². The highest BCUT2D eigenvalue weighted by Gasteiger charge is 2.29. The van der Waals surface area contributed by atoms with Gasteiger partial charge in [0, 0.05) is 6.04 Å². The smallest absolute Gasteiger partial charge is 0.137 e. The van der Waals surface area contributed by atoms with E-state index < -0.39 is 0 Å². The van der Waals surface area contributed by atoms with E-state index in [-0.39, 0.29) is 6.04 Å². The predicted octanol–water partition coefficient (Wildman–Crippen LogP) is 2.76. The van der Waals surface area contributed by atoms with Crippen LogP contribution in [-0.2, 0) is 0 Å². The highest BCUT2D eigenvalue weighted by molar-refractivity contribution is 6.32. The Morgan fingerprint density at radius 3 is 2.79 bits per heavy atom. The molecule has 0 saturated heterocycles. The minimum Gasteiger partial charge on any atom is -0.495 e. The topological polar surface area (TPSA) is 35.2 Å². The minimum atomic E-state index is 0.140. The third kappa shape index (κ3) is 1.86. The van der Waals surface area contributed by atoms with E-state index in [0.717, 1.165) is 5.56 Å². The normalized spacial score (nSPS) is 17.9. The van der Waals surface area contributed by atoms with Crippen LogP contribution in [-0.4, -0.2) is 7.11 Å². The summed E-state index contributed by atoms with van der Waals surface area (Å²) in [6, 6.07) is 5.90. The molecule has 0 aromatic heterocycles. The largest absolute Gasteiger partial charge is 0.495 e. The molecule has 1 fully saturated rings. The van der Waals surface area contributed by atoms with Crippen molar-refractivity contribution in [3.8, 4) is 5.75 Å². The number of hydrogen-bond acceptors (Lipinski definition) is 2. The maximum Gasteiger partial charge on any atom is 0.137 e. The SMILES string of the molecule is COc1cc([C@H](N)C2CC2)ccc1Cl. The molecular formula is C11H14ClNO. The molecule has 1 aromatic rings. The molecule has 0 unspecified atom stereocenters. The van der Waals surface area contributed by atoms with Crippen LogP contribution in [0.2, 0.25) is 5.02 Å². The lowest BCUT2D eigenvalue weighted by atomic mass is 10.0. The molecule has 1 aliphatic carbocycles. The third-order valence-electron chi connectivity index (χ3n) is 2.69. The first-order valence-electron chi connectivity index (χ1n) is 4.81. The number of benzene rings is 1. The molecule has 0 amide bonds. The van der Waals surface area contributed by atoms with Gasteiger partial charge in [0.25, 0.3) is 0 Å². The second-order valence-electron chi connectivity index (χ2n) is 3.76. The molecule has 2 N–H and O–H groups in total. The Labute approximate surface area is 89.0 Å². The molecule has 76 valence electrons. The van der Waals surface area contributed by atoms with E-state index in [1.54, 1.807) is 7.11 Å². The lowest BCUT2D eigenvalue weighted by Crippen LogP contribution is -2.12. The molecular weight excluding hydrogens is 198 g/mol. The zero-order valence-corrected chi connectivity index (χ0v) is 8.92. The van der Waals surface area contributed by atoms with Crippen molar-refractivity contribution >= 4 is 11.6 Å². The maximum atomic E-state index is 6.08. The van der Waals surface area contributed by atoms with Gasteiger partial charge in [-0.15, -0.1) is 0 Å². The van der Waals surface area contributed by atoms with E-state index in [1.165, 1.54) is 12.8 Å². The first kappa shape index (κ1) is 9.81. The maximum absolute atomic E-state index is 6.08. The Balaban J connectivity index is 2.25. The summed E-state index contributed by atoms with van der Waals surface area (Å²) >= 11 is 5.93. The van der Waals surface area contributed by atoms with E-state index in [9.17, 15) is 0 Å². The lowest BCUT2D eigenvalue weighted by molar-refractivity contribution is 0.413. The fourth-order valence-corrected chi connectivity index (χ4v) is 1.81. The summed E-state index contributed by atoms with van der Waals surface area (Å²) < 4.78 is 5.15. The zero-order chi connectivity index (χ0) is 10.1. The lowest BCUT2D eigenvalue weighted by Gasteiger charge is -2.12. The second kappa shape index (κ2) is 3.79. The van der Waals surface area contributed by atoms with Crippen molar-refractivity contribution in [1.82, 2.24) is 0 Å². The van der Waals surface area contributed by atoms with Crippen molar-refractivity contribution in [3.63, 3.8) is 0 Å². The number of nitrogens with two attached hydrogens (primary N) is 1. The van der Waals surface area contributed by atoms with Gasteiger partial charge in [0.05, 0.1) is 12.1 Å². The number of methoxy groups -OCH3 is 1. The molecule has 0 radical (unpaired) electrons. The fraction of sp³-hybridized carbons (Fsp3) is 0.455. The molecule has 2 nitrogen and oxygen atoms in total. The predicted molar refractivity (Wildman–Crippen MR) is 57.7 cm³/mol. The minimum absolute atomic E-state index is 0.140. The summed E-state index contributed by atoms with van der Waals surface area (Å²) in [5, 5.41) is 0.638. The van der Waals surface area contributed by atoms with E-state index in [2.05, 4.69) is 0 Å². The van der Waals surface area contributed by atoms with Gasteiger partial charge in [-0.25, -0.2) is 0 Å². The van der Waals surface area contributed by atoms with Crippen LogP contribution >= 0.6 is 11.6 Å². The van der Waals surface area contributed by atoms with Crippen LogP contribution in [0.3, 0.4) is 0 Å². The van der Waals surface area contributed by atoms with Gasteiger partial charge in [-0.1, -0.05) is 17.7 Å². The molecule has 3 heteroatoms. The average Bonchev–Trinajstić information content (AvgIpc) is 3.01. The molecule has 0 spiro atoms. The monoisotopic (exact) mass is 211 g/mol. The number of hydrogen-bond donors (Lipinski definition) is 1. The van der Waals surface area contributed by atoms with E-state index in [1.807, 2.05) is 18.2 Å². The molecule has 0 bridgehead atoms. The summed E-state index contributed by atoms with van der Waals surface area (Å²) in [5.41, 5.74) is 7.19. The van der Waals surface area contributed by atoms with Gasteiger partial charge in [0.1, 0.15) is 5.75 Å². The van der Waals surface area contributed by atoms with Gasteiger partial charge in [-0.3, -0.25) is 0 Å². The van der Waals surface area contributed by atoms with Crippen molar-refractivity contribution in [2.45, 2.75) is 18.9 Å². The van der Waals surface area contributed by atoms with Crippen molar-refractivity contribution < 1.29 is 4.74 Å². The first-order valence-corrected chi connectivity index (χ1v) is 5.19. The van der Waals surface area contributed by atoms with Gasteiger partial charge in [-0.2, -0.15) is 0 Å².